The summed E-state index contributed by atoms with van der Waals surface area (Å²) < 4.78 is 5.34. The fourth-order valence-electron chi connectivity index (χ4n) is 2.84. The Morgan fingerprint density at radius 3 is 2.74 bits per heavy atom. The number of nitrogens with zero attached hydrogens (tertiary/aromatic N) is 3. The lowest BCUT2D eigenvalue weighted by Gasteiger charge is -2.13. The van der Waals surface area contributed by atoms with Gasteiger partial charge in [-0.25, -0.2) is 9.97 Å². The first-order valence-electron chi connectivity index (χ1n) is 7.78. The molecule has 0 saturated heterocycles. The first-order chi connectivity index (χ1) is 11.3. The lowest BCUT2D eigenvalue weighted by atomic mass is 10.1. The lowest BCUT2D eigenvalue weighted by Crippen LogP contribution is -2.04. The van der Waals surface area contributed by atoms with Crippen molar-refractivity contribution in [2.75, 3.05) is 13.2 Å². The van der Waals surface area contributed by atoms with Gasteiger partial charge in [0.2, 0.25) is 0 Å². The molecule has 0 saturated carbocycles. The van der Waals surface area contributed by atoms with Gasteiger partial charge in [-0.2, -0.15) is 0 Å². The van der Waals surface area contributed by atoms with E-state index < -0.39 is 0 Å². The van der Waals surface area contributed by atoms with Crippen molar-refractivity contribution in [1.82, 2.24) is 15.0 Å². The summed E-state index contributed by atoms with van der Waals surface area (Å²) in [5.74, 6) is 0.723. The topological polar surface area (TPSA) is 47.9 Å². The van der Waals surface area contributed by atoms with Gasteiger partial charge in [-0.15, -0.1) is 0 Å². The van der Waals surface area contributed by atoms with Gasteiger partial charge in [0.05, 0.1) is 24.4 Å². The molecule has 0 radical (unpaired) electrons. The number of aromatic nitrogens is 3. The molecule has 0 fully saturated rings. The smallest absolute Gasteiger partial charge is 0.161 e. The molecule has 1 aliphatic rings. The van der Waals surface area contributed by atoms with Gasteiger partial charge in [-0.3, -0.25) is 4.98 Å². The fraction of sp³-hybridized carbons (Fsp3) is 0.211. The van der Waals surface area contributed by atoms with E-state index in [4.69, 9.17) is 4.74 Å². The van der Waals surface area contributed by atoms with Crippen molar-refractivity contribution in [3.63, 3.8) is 0 Å². The molecule has 4 rings (SSSR count). The Morgan fingerprint density at radius 2 is 1.96 bits per heavy atom. The molecule has 4 nitrogen and oxygen atoms in total. The number of benzene rings is 1. The summed E-state index contributed by atoms with van der Waals surface area (Å²) >= 11 is 0. The summed E-state index contributed by atoms with van der Waals surface area (Å²) in [5.41, 5.74) is 5.15. The maximum Gasteiger partial charge on any atom is 0.161 e. The van der Waals surface area contributed by atoms with Crippen LogP contribution in [0.25, 0.3) is 27.9 Å². The molecule has 0 spiro atoms. The normalized spacial score (nSPS) is 14.7. The van der Waals surface area contributed by atoms with Crippen LogP contribution in [0.1, 0.15) is 17.8 Å². The van der Waals surface area contributed by atoms with Gasteiger partial charge in [0.15, 0.2) is 5.82 Å². The second kappa shape index (κ2) is 5.89. The van der Waals surface area contributed by atoms with Gasteiger partial charge >= 0.3 is 0 Å². The first-order valence-corrected chi connectivity index (χ1v) is 7.78. The Hall–Kier alpha value is -2.59. The monoisotopic (exact) mass is 303 g/mol. The van der Waals surface area contributed by atoms with Crippen LogP contribution in [0.3, 0.4) is 0 Å². The highest BCUT2D eigenvalue weighted by molar-refractivity contribution is 5.82. The minimum absolute atomic E-state index is 0.672. The van der Waals surface area contributed by atoms with E-state index in [-0.39, 0.29) is 0 Å². The summed E-state index contributed by atoms with van der Waals surface area (Å²) in [6.07, 6.45) is 4.87. The third-order valence-electron chi connectivity index (χ3n) is 4.11. The summed E-state index contributed by atoms with van der Waals surface area (Å²) in [7, 11) is 0. The van der Waals surface area contributed by atoms with Crippen LogP contribution < -0.4 is 0 Å². The minimum atomic E-state index is 0.672. The largest absolute Gasteiger partial charge is 0.377 e. The van der Waals surface area contributed by atoms with Crippen molar-refractivity contribution in [3.05, 3.63) is 60.1 Å². The van der Waals surface area contributed by atoms with Crippen molar-refractivity contribution in [2.45, 2.75) is 13.3 Å². The van der Waals surface area contributed by atoms with E-state index in [2.05, 4.69) is 21.0 Å². The molecule has 1 aromatic carbocycles. The quantitative estimate of drug-likeness (QED) is 0.722. The number of hydrogen-bond donors (Lipinski definition) is 0. The minimum Gasteiger partial charge on any atom is -0.377 e. The molecule has 0 amide bonds. The molecule has 3 heterocycles. The van der Waals surface area contributed by atoms with Gasteiger partial charge in [0.25, 0.3) is 0 Å². The van der Waals surface area contributed by atoms with E-state index in [9.17, 15) is 0 Å². The summed E-state index contributed by atoms with van der Waals surface area (Å²) in [6.45, 7) is 3.45. The molecule has 114 valence electrons. The van der Waals surface area contributed by atoms with Crippen molar-refractivity contribution >= 4 is 16.5 Å². The van der Waals surface area contributed by atoms with Crippen LogP contribution in [-0.2, 0) is 4.74 Å². The summed E-state index contributed by atoms with van der Waals surface area (Å²) in [5, 5.41) is 1.09. The molecular weight excluding hydrogens is 286 g/mol. The zero-order valence-electron chi connectivity index (χ0n) is 13.0. The van der Waals surface area contributed by atoms with E-state index >= 15 is 0 Å². The lowest BCUT2D eigenvalue weighted by molar-refractivity contribution is 0.161. The third kappa shape index (κ3) is 2.73. The molecule has 2 aromatic heterocycles. The highest BCUT2D eigenvalue weighted by atomic mass is 16.5. The van der Waals surface area contributed by atoms with Crippen molar-refractivity contribution in [2.24, 2.45) is 0 Å². The number of fused-ring (bicyclic) bond motifs is 1. The van der Waals surface area contributed by atoms with Gasteiger partial charge in [0.1, 0.15) is 0 Å². The van der Waals surface area contributed by atoms with Crippen LogP contribution >= 0.6 is 0 Å². The zero-order chi connectivity index (χ0) is 15.6. The van der Waals surface area contributed by atoms with E-state index in [1.54, 1.807) is 0 Å². The van der Waals surface area contributed by atoms with Crippen LogP contribution in [0, 0.1) is 6.92 Å². The van der Waals surface area contributed by atoms with Crippen molar-refractivity contribution in [1.29, 1.82) is 0 Å². The van der Waals surface area contributed by atoms with Gasteiger partial charge < -0.3 is 4.74 Å². The van der Waals surface area contributed by atoms with Crippen LogP contribution in [0.2, 0.25) is 0 Å². The Bertz CT molecular complexity index is 885. The summed E-state index contributed by atoms with van der Waals surface area (Å²) in [6, 6.07) is 12.2. The van der Waals surface area contributed by atoms with E-state index in [0.29, 0.717) is 6.61 Å². The van der Waals surface area contributed by atoms with Crippen molar-refractivity contribution < 1.29 is 4.74 Å². The molecular formula is C19H17N3O. The van der Waals surface area contributed by atoms with Gasteiger partial charge in [0, 0.05) is 22.8 Å². The number of ether oxygens (including phenoxy) is 1. The fourth-order valence-corrected chi connectivity index (χ4v) is 2.84. The molecule has 4 heteroatoms. The highest BCUT2D eigenvalue weighted by Crippen LogP contribution is 2.23. The van der Waals surface area contributed by atoms with Crippen molar-refractivity contribution in [3.8, 4) is 11.4 Å². The van der Waals surface area contributed by atoms with Gasteiger partial charge in [-0.1, -0.05) is 24.3 Å². The van der Waals surface area contributed by atoms with Crippen LogP contribution in [0.4, 0.5) is 0 Å². The highest BCUT2D eigenvalue weighted by Gasteiger charge is 2.10. The maximum absolute atomic E-state index is 5.34. The molecule has 3 aromatic rings. The first kappa shape index (κ1) is 14.0. The third-order valence-corrected chi connectivity index (χ3v) is 4.11. The van der Waals surface area contributed by atoms with Crippen LogP contribution in [0.15, 0.2) is 48.7 Å². The predicted molar refractivity (Wildman–Crippen MR) is 90.9 cm³/mol. The average Bonchev–Trinajstić information content (AvgIpc) is 2.63. The second-order valence-electron chi connectivity index (χ2n) is 5.64. The average molecular weight is 303 g/mol. The van der Waals surface area contributed by atoms with Crippen LogP contribution in [-0.4, -0.2) is 28.2 Å². The number of rotatable bonds is 2. The van der Waals surface area contributed by atoms with E-state index in [1.807, 2.05) is 49.5 Å². The van der Waals surface area contributed by atoms with Crippen LogP contribution in [0.5, 0.6) is 0 Å². The Morgan fingerprint density at radius 1 is 1.04 bits per heavy atom. The second-order valence-corrected chi connectivity index (χ2v) is 5.64. The van der Waals surface area contributed by atoms with Gasteiger partial charge in [-0.05, 0) is 37.1 Å². The Kier molecular flexibility index (Phi) is 3.60. The molecule has 1 aliphatic heterocycles. The number of hydrogen-bond acceptors (Lipinski definition) is 4. The molecule has 0 aliphatic carbocycles. The maximum atomic E-state index is 5.34. The zero-order valence-corrected chi connectivity index (χ0v) is 13.0. The molecule has 0 bridgehead atoms. The number of aryl methyl sites for hydroxylation is 1. The number of pyridine rings is 1. The SMILES string of the molecule is Cc1nc(-c2ccc(C3=CCOCC3)nc2)nc2ccccc12. The van der Waals surface area contributed by atoms with E-state index in [0.717, 1.165) is 46.7 Å². The Labute approximate surface area is 134 Å². The molecule has 0 atom stereocenters. The predicted octanol–water partition coefficient (Wildman–Crippen LogP) is 3.80. The van der Waals surface area contributed by atoms with E-state index in [1.165, 1.54) is 5.57 Å². The molecule has 0 unspecified atom stereocenters. The standard InChI is InChI=1S/C19H17N3O/c1-13-16-4-2-3-5-18(16)22-19(21-13)15-6-7-17(20-12-15)14-8-10-23-11-9-14/h2-8,12H,9-11H2,1H3. The summed E-state index contributed by atoms with van der Waals surface area (Å²) in [4.78, 5) is 13.9. The molecule has 23 heavy (non-hydrogen) atoms. The molecule has 0 N–H and O–H groups in total. The Balaban J connectivity index is 1.72. The number of para-hydroxylation sites is 1.